The number of nitrogens with zero attached hydrogens (tertiary/aromatic N) is 5. The van der Waals surface area contributed by atoms with Crippen molar-refractivity contribution in [2.45, 2.75) is 57.5 Å². The van der Waals surface area contributed by atoms with E-state index in [9.17, 15) is 9.59 Å². The number of carbonyl (C=O) groups is 2. The molecule has 9 nitrogen and oxygen atoms in total. The first kappa shape index (κ1) is 21.3. The Morgan fingerprint density at radius 1 is 1.06 bits per heavy atom. The number of aromatic nitrogens is 4. The standard InChI is InChI=1S/C25H31N7O2/c1-15-27-22(20-14-26-10-13-32(15)20)16-8-11-31(12-9-16)19-5-3-4-17-23(29-30(2)24(17)19)18-6-7-21(33)28-25(18)34/h3-5,16,18,26H,6-14H2,1-2H3,(H,28,33,34). The number of hydrogen-bond donors (Lipinski definition) is 2. The van der Waals surface area contributed by atoms with E-state index in [4.69, 9.17) is 10.1 Å². The molecule has 0 radical (unpaired) electrons. The van der Waals surface area contributed by atoms with Crippen molar-refractivity contribution in [2.75, 3.05) is 24.5 Å². The van der Waals surface area contributed by atoms with Crippen LogP contribution in [0.5, 0.6) is 0 Å². The van der Waals surface area contributed by atoms with Crippen LogP contribution in [0.4, 0.5) is 5.69 Å². The van der Waals surface area contributed by atoms with Gasteiger partial charge < -0.3 is 14.8 Å². The van der Waals surface area contributed by atoms with Crippen LogP contribution in [0.25, 0.3) is 10.9 Å². The maximum Gasteiger partial charge on any atom is 0.235 e. The lowest BCUT2D eigenvalue weighted by Gasteiger charge is -2.34. The minimum atomic E-state index is -0.383. The van der Waals surface area contributed by atoms with Gasteiger partial charge in [-0.1, -0.05) is 12.1 Å². The summed E-state index contributed by atoms with van der Waals surface area (Å²) in [5, 5.41) is 11.7. The maximum absolute atomic E-state index is 12.5. The molecular formula is C25H31N7O2. The van der Waals surface area contributed by atoms with E-state index in [0.717, 1.165) is 73.7 Å². The lowest BCUT2D eigenvalue weighted by Crippen LogP contribution is -2.39. The minimum absolute atomic E-state index is 0.199. The monoisotopic (exact) mass is 461 g/mol. The molecule has 0 aliphatic carbocycles. The van der Waals surface area contributed by atoms with Crippen molar-refractivity contribution < 1.29 is 9.59 Å². The highest BCUT2D eigenvalue weighted by molar-refractivity contribution is 6.03. The second-order valence-corrected chi connectivity index (χ2v) is 9.77. The number of amides is 2. The first-order chi connectivity index (χ1) is 16.5. The first-order valence-corrected chi connectivity index (χ1v) is 12.3. The van der Waals surface area contributed by atoms with Crippen LogP contribution in [0.3, 0.4) is 0 Å². The zero-order chi connectivity index (χ0) is 23.4. The molecule has 2 amide bonds. The molecule has 5 heterocycles. The number of nitrogens with one attached hydrogen (secondary N) is 2. The zero-order valence-electron chi connectivity index (χ0n) is 19.8. The van der Waals surface area contributed by atoms with E-state index in [2.05, 4.69) is 39.2 Å². The molecule has 2 aromatic heterocycles. The summed E-state index contributed by atoms with van der Waals surface area (Å²) in [5.41, 5.74) is 5.63. The predicted octanol–water partition coefficient (Wildman–Crippen LogP) is 2.09. The summed E-state index contributed by atoms with van der Waals surface area (Å²) in [7, 11) is 1.95. The smallest absolute Gasteiger partial charge is 0.235 e. The fourth-order valence-electron chi connectivity index (χ4n) is 6.04. The van der Waals surface area contributed by atoms with Crippen molar-refractivity contribution in [1.29, 1.82) is 0 Å². The molecule has 34 heavy (non-hydrogen) atoms. The van der Waals surface area contributed by atoms with Gasteiger partial charge >= 0.3 is 0 Å². The molecular weight excluding hydrogens is 430 g/mol. The van der Waals surface area contributed by atoms with E-state index < -0.39 is 0 Å². The first-order valence-electron chi connectivity index (χ1n) is 12.3. The lowest BCUT2D eigenvalue weighted by molar-refractivity contribution is -0.134. The molecule has 2 saturated heterocycles. The van der Waals surface area contributed by atoms with Crippen LogP contribution in [0.1, 0.15) is 60.4 Å². The van der Waals surface area contributed by atoms with Gasteiger partial charge in [0.1, 0.15) is 5.82 Å². The highest BCUT2D eigenvalue weighted by Gasteiger charge is 2.33. The van der Waals surface area contributed by atoms with E-state index in [1.54, 1.807) is 0 Å². The van der Waals surface area contributed by atoms with Crippen LogP contribution in [0.2, 0.25) is 0 Å². The molecule has 1 aromatic carbocycles. The zero-order valence-corrected chi connectivity index (χ0v) is 19.8. The van der Waals surface area contributed by atoms with Gasteiger partial charge in [0.25, 0.3) is 0 Å². The van der Waals surface area contributed by atoms with Gasteiger partial charge in [-0.25, -0.2) is 4.98 Å². The third kappa shape index (κ3) is 3.41. The Morgan fingerprint density at radius 3 is 2.68 bits per heavy atom. The van der Waals surface area contributed by atoms with Crippen LogP contribution in [-0.4, -0.2) is 50.8 Å². The van der Waals surface area contributed by atoms with E-state index in [1.165, 1.54) is 11.4 Å². The quantitative estimate of drug-likeness (QED) is 0.580. The normalized spacial score (nSPS) is 21.7. The molecule has 0 spiro atoms. The molecule has 6 rings (SSSR count). The molecule has 9 heteroatoms. The Labute approximate surface area is 198 Å². The highest BCUT2D eigenvalue weighted by atomic mass is 16.2. The minimum Gasteiger partial charge on any atom is -0.370 e. The number of imidazole rings is 1. The third-order valence-electron chi connectivity index (χ3n) is 7.76. The summed E-state index contributed by atoms with van der Waals surface area (Å²) in [4.78, 5) is 31.6. The maximum atomic E-state index is 12.5. The van der Waals surface area contributed by atoms with Gasteiger partial charge in [0.15, 0.2) is 0 Å². The molecule has 3 aliphatic heterocycles. The average molecular weight is 462 g/mol. The van der Waals surface area contributed by atoms with Crippen molar-refractivity contribution in [1.82, 2.24) is 30.0 Å². The molecule has 0 saturated carbocycles. The average Bonchev–Trinajstić information content (AvgIpc) is 3.36. The second kappa shape index (κ2) is 8.23. The van der Waals surface area contributed by atoms with Crippen LogP contribution >= 0.6 is 0 Å². The molecule has 0 bridgehead atoms. The SMILES string of the molecule is Cc1nc(C2CCN(c3cccc4c(C5CCC(=O)NC5=O)nn(C)c34)CC2)c2n1CCNC2. The van der Waals surface area contributed by atoms with Gasteiger partial charge in [0.2, 0.25) is 11.8 Å². The summed E-state index contributed by atoms with van der Waals surface area (Å²) in [5.74, 6) is 0.794. The lowest BCUT2D eigenvalue weighted by atomic mass is 9.91. The summed E-state index contributed by atoms with van der Waals surface area (Å²) in [6.07, 6.45) is 3.00. The predicted molar refractivity (Wildman–Crippen MR) is 129 cm³/mol. The molecule has 3 aliphatic rings. The van der Waals surface area contributed by atoms with Crippen molar-refractivity contribution in [3.63, 3.8) is 0 Å². The van der Waals surface area contributed by atoms with Gasteiger partial charge in [-0.15, -0.1) is 0 Å². The number of hydrogen-bond acceptors (Lipinski definition) is 6. The van der Waals surface area contributed by atoms with Gasteiger partial charge in [0, 0.05) is 57.5 Å². The van der Waals surface area contributed by atoms with Gasteiger partial charge in [-0.2, -0.15) is 5.10 Å². The molecule has 1 atom stereocenters. The summed E-state index contributed by atoms with van der Waals surface area (Å²) >= 11 is 0. The molecule has 2 fully saturated rings. The molecule has 178 valence electrons. The third-order valence-corrected chi connectivity index (χ3v) is 7.76. The van der Waals surface area contributed by atoms with Crippen molar-refractivity contribution in [3.8, 4) is 0 Å². The number of imide groups is 1. The number of piperidine rings is 2. The second-order valence-electron chi connectivity index (χ2n) is 9.77. The number of rotatable bonds is 3. The van der Waals surface area contributed by atoms with Crippen molar-refractivity contribution in [2.24, 2.45) is 7.05 Å². The van der Waals surface area contributed by atoms with Crippen LogP contribution < -0.4 is 15.5 Å². The highest BCUT2D eigenvalue weighted by Crippen LogP contribution is 2.38. The Morgan fingerprint density at radius 2 is 1.88 bits per heavy atom. The molecule has 2 N–H and O–H groups in total. The van der Waals surface area contributed by atoms with E-state index in [0.29, 0.717) is 18.8 Å². The Balaban J connectivity index is 1.26. The number of aryl methyl sites for hydroxylation is 2. The largest absolute Gasteiger partial charge is 0.370 e. The van der Waals surface area contributed by atoms with E-state index >= 15 is 0 Å². The van der Waals surface area contributed by atoms with Crippen molar-refractivity contribution >= 4 is 28.4 Å². The fraction of sp³-hybridized carbons (Fsp3) is 0.520. The van der Waals surface area contributed by atoms with Crippen LogP contribution in [-0.2, 0) is 29.7 Å². The fourth-order valence-corrected chi connectivity index (χ4v) is 6.04. The van der Waals surface area contributed by atoms with E-state index in [-0.39, 0.29) is 17.7 Å². The number of carbonyl (C=O) groups excluding carboxylic acids is 2. The topological polar surface area (TPSA) is 97.1 Å². The number of anilines is 1. The van der Waals surface area contributed by atoms with E-state index in [1.807, 2.05) is 17.8 Å². The number of fused-ring (bicyclic) bond motifs is 2. The van der Waals surface area contributed by atoms with Crippen LogP contribution in [0.15, 0.2) is 18.2 Å². The number of benzene rings is 1. The molecule has 3 aromatic rings. The van der Waals surface area contributed by atoms with Gasteiger partial charge in [-0.05, 0) is 32.3 Å². The summed E-state index contributed by atoms with van der Waals surface area (Å²) in [6.45, 7) is 6.97. The number of para-hydroxylation sites is 1. The molecule has 1 unspecified atom stereocenters. The summed E-state index contributed by atoms with van der Waals surface area (Å²) in [6, 6.07) is 6.26. The van der Waals surface area contributed by atoms with Crippen molar-refractivity contribution in [3.05, 3.63) is 41.1 Å². The Bertz CT molecular complexity index is 1280. The van der Waals surface area contributed by atoms with Gasteiger partial charge in [-0.3, -0.25) is 19.6 Å². The Kier molecular flexibility index (Phi) is 5.17. The Hall–Kier alpha value is -3.20. The van der Waals surface area contributed by atoms with Crippen LogP contribution in [0, 0.1) is 6.92 Å². The summed E-state index contributed by atoms with van der Waals surface area (Å²) < 4.78 is 4.28. The van der Waals surface area contributed by atoms with Gasteiger partial charge in [0.05, 0.1) is 34.2 Å².